The third kappa shape index (κ3) is 0.667. The van der Waals surface area contributed by atoms with Gasteiger partial charge in [-0.15, -0.1) is 0 Å². The molecule has 0 saturated carbocycles. The van der Waals surface area contributed by atoms with E-state index in [1.165, 1.54) is 0 Å². The van der Waals surface area contributed by atoms with Crippen molar-refractivity contribution in [3.8, 4) is 0 Å². The van der Waals surface area contributed by atoms with Crippen LogP contribution in [0.25, 0.3) is 0 Å². The maximum Gasteiger partial charge on any atom is 0.236 e. The van der Waals surface area contributed by atoms with E-state index in [0.717, 1.165) is 12.8 Å². The van der Waals surface area contributed by atoms with Crippen LogP contribution in [0.15, 0.2) is 0 Å². The minimum atomic E-state index is 0.166. The quantitative estimate of drug-likeness (QED) is 0.533. The number of amides is 1. The van der Waals surface area contributed by atoms with Crippen molar-refractivity contribution in [2.24, 2.45) is 5.92 Å². The average Bonchev–Trinajstić information content (AvgIpc) is 2.60. The average molecular weight is 171 g/mol. The Morgan fingerprint density at radius 1 is 1.45 bits per heavy atom. The van der Waals surface area contributed by atoms with Crippen molar-refractivity contribution in [2.45, 2.75) is 30.3 Å². The molecular weight excluding hydrogens is 162 g/mol. The Labute approximate surface area is 69.0 Å². The van der Waals surface area contributed by atoms with Crippen LogP contribution in [0.4, 0.5) is 0 Å². The highest BCUT2D eigenvalue weighted by atomic mass is 32.2. The van der Waals surface area contributed by atoms with Gasteiger partial charge in [-0.1, -0.05) is 0 Å². The van der Waals surface area contributed by atoms with Crippen molar-refractivity contribution >= 4 is 17.9 Å². The van der Waals surface area contributed by atoms with E-state index in [-0.39, 0.29) is 17.9 Å². The fourth-order valence-corrected chi connectivity index (χ4v) is 3.49. The monoisotopic (exact) mass is 171 g/mol. The lowest BCUT2D eigenvalue weighted by Gasteiger charge is -2.15. The second-order valence-electron chi connectivity index (χ2n) is 3.36. The molecule has 0 unspecified atom stereocenters. The molecule has 2 bridgehead atoms. The lowest BCUT2D eigenvalue weighted by molar-refractivity contribution is -0.123. The summed E-state index contributed by atoms with van der Waals surface area (Å²) >= 11 is 1.56. The second kappa shape index (κ2) is 1.93. The van der Waals surface area contributed by atoms with Crippen LogP contribution in [0.1, 0.15) is 12.8 Å². The van der Waals surface area contributed by atoms with Crippen LogP contribution in [-0.4, -0.2) is 23.4 Å². The maximum absolute atomic E-state index is 11.2. The molecule has 0 aromatic carbocycles. The first-order chi connectivity index (χ1) is 5.36. The smallest absolute Gasteiger partial charge is 0.236 e. The molecule has 3 aliphatic rings. The number of hydrogen-bond acceptors (Lipinski definition) is 3. The predicted octanol–water partition coefficient (Wildman–Crippen LogP) is 0.310. The Kier molecular flexibility index (Phi) is 1.11. The molecule has 3 rings (SSSR count). The van der Waals surface area contributed by atoms with Crippen LogP contribution in [-0.2, 0) is 9.53 Å². The minimum Gasteiger partial charge on any atom is -0.373 e. The van der Waals surface area contributed by atoms with Gasteiger partial charge < -0.3 is 4.74 Å². The highest BCUT2D eigenvalue weighted by Gasteiger charge is 2.56. The van der Waals surface area contributed by atoms with Gasteiger partial charge >= 0.3 is 0 Å². The van der Waals surface area contributed by atoms with Gasteiger partial charge in [0, 0.05) is 0 Å². The highest BCUT2D eigenvalue weighted by molar-refractivity contribution is 7.99. The van der Waals surface area contributed by atoms with Crippen LogP contribution in [0.5, 0.6) is 0 Å². The van der Waals surface area contributed by atoms with Gasteiger partial charge in [0.1, 0.15) is 0 Å². The molecule has 3 nitrogen and oxygen atoms in total. The summed E-state index contributed by atoms with van der Waals surface area (Å²) in [7, 11) is 0. The Hall–Kier alpha value is -0.220. The van der Waals surface area contributed by atoms with Crippen molar-refractivity contribution in [3.05, 3.63) is 0 Å². The van der Waals surface area contributed by atoms with Crippen LogP contribution in [0.2, 0.25) is 0 Å². The molecule has 3 heterocycles. The van der Waals surface area contributed by atoms with E-state index >= 15 is 0 Å². The molecule has 4 heteroatoms. The SMILES string of the molecule is O=C1NS[C@H]2[C@@H]1[C@H]1CC[C@@H]2O1. The van der Waals surface area contributed by atoms with Gasteiger partial charge in [0.15, 0.2) is 0 Å². The topological polar surface area (TPSA) is 38.3 Å². The molecule has 3 aliphatic heterocycles. The zero-order chi connectivity index (χ0) is 7.42. The summed E-state index contributed by atoms with van der Waals surface area (Å²) in [6.07, 6.45) is 2.82. The Balaban J connectivity index is 1.97. The van der Waals surface area contributed by atoms with Gasteiger partial charge in [-0.3, -0.25) is 9.52 Å². The predicted molar refractivity (Wildman–Crippen MR) is 40.9 cm³/mol. The summed E-state index contributed by atoms with van der Waals surface area (Å²) in [5, 5.41) is 0.418. The molecular formula is C7H9NO2S. The van der Waals surface area contributed by atoms with Gasteiger partial charge in [0.05, 0.1) is 23.4 Å². The van der Waals surface area contributed by atoms with Crippen LogP contribution in [0, 0.1) is 5.92 Å². The van der Waals surface area contributed by atoms with Gasteiger partial charge in [0.2, 0.25) is 5.91 Å². The number of carbonyl (C=O) groups is 1. The zero-order valence-electron chi connectivity index (χ0n) is 5.95. The van der Waals surface area contributed by atoms with Crippen LogP contribution < -0.4 is 4.72 Å². The van der Waals surface area contributed by atoms with Gasteiger partial charge in [-0.05, 0) is 24.8 Å². The molecule has 3 saturated heterocycles. The summed E-state index contributed by atoms with van der Waals surface area (Å²) in [6, 6.07) is 0. The molecule has 1 N–H and O–H groups in total. The highest BCUT2D eigenvalue weighted by Crippen LogP contribution is 2.47. The minimum absolute atomic E-state index is 0.166. The van der Waals surface area contributed by atoms with E-state index in [1.807, 2.05) is 0 Å². The number of rotatable bonds is 0. The lowest BCUT2D eigenvalue weighted by atomic mass is 9.88. The first-order valence-corrected chi connectivity index (χ1v) is 4.85. The summed E-state index contributed by atoms with van der Waals surface area (Å²) in [6.45, 7) is 0. The van der Waals surface area contributed by atoms with E-state index in [2.05, 4.69) is 4.72 Å². The number of ether oxygens (including phenoxy) is 1. The maximum atomic E-state index is 11.2. The number of hydrogen-bond donors (Lipinski definition) is 1. The van der Waals surface area contributed by atoms with Gasteiger partial charge in [-0.25, -0.2) is 0 Å². The van der Waals surface area contributed by atoms with Gasteiger partial charge in [0.25, 0.3) is 0 Å². The zero-order valence-corrected chi connectivity index (χ0v) is 6.76. The lowest BCUT2D eigenvalue weighted by Crippen LogP contribution is -2.31. The normalized spacial score (nSPS) is 52.9. The third-order valence-electron chi connectivity index (χ3n) is 2.80. The fraction of sp³-hybridized carbons (Fsp3) is 0.857. The van der Waals surface area contributed by atoms with Crippen LogP contribution >= 0.6 is 11.9 Å². The van der Waals surface area contributed by atoms with Gasteiger partial charge in [-0.2, -0.15) is 0 Å². The van der Waals surface area contributed by atoms with E-state index < -0.39 is 0 Å². The summed E-state index contributed by atoms with van der Waals surface area (Å²) in [5.74, 6) is 0.353. The Morgan fingerprint density at radius 3 is 3.09 bits per heavy atom. The van der Waals surface area contributed by atoms with Crippen molar-refractivity contribution in [2.75, 3.05) is 0 Å². The molecule has 0 aromatic heterocycles. The molecule has 0 radical (unpaired) electrons. The molecule has 3 fully saturated rings. The van der Waals surface area contributed by atoms with Crippen molar-refractivity contribution < 1.29 is 9.53 Å². The molecule has 60 valence electrons. The summed E-state index contributed by atoms with van der Waals surface area (Å²) < 4.78 is 8.45. The van der Waals surface area contributed by atoms with Crippen LogP contribution in [0.3, 0.4) is 0 Å². The number of nitrogens with one attached hydrogen (secondary N) is 1. The van der Waals surface area contributed by atoms with E-state index in [1.54, 1.807) is 11.9 Å². The standard InChI is InChI=1S/C7H9NO2S/c9-7-5-3-1-2-4(10-3)6(5)11-8-7/h3-6H,1-2H2,(H,8,9)/t3-,4+,5+,6-/m1/s1. The van der Waals surface area contributed by atoms with Crippen molar-refractivity contribution in [1.82, 2.24) is 4.72 Å². The Morgan fingerprint density at radius 2 is 2.27 bits per heavy atom. The first kappa shape index (κ1) is 6.31. The summed E-state index contributed by atoms with van der Waals surface area (Å²) in [4.78, 5) is 11.2. The van der Waals surface area contributed by atoms with E-state index in [0.29, 0.717) is 11.4 Å². The molecule has 11 heavy (non-hydrogen) atoms. The number of carbonyl (C=O) groups excluding carboxylic acids is 1. The summed E-state index contributed by atoms with van der Waals surface area (Å²) in [5.41, 5.74) is 0. The molecule has 0 aromatic rings. The van der Waals surface area contributed by atoms with E-state index in [9.17, 15) is 4.79 Å². The van der Waals surface area contributed by atoms with Crippen molar-refractivity contribution in [1.29, 1.82) is 0 Å². The molecule has 0 aliphatic carbocycles. The second-order valence-corrected chi connectivity index (χ2v) is 4.35. The first-order valence-electron chi connectivity index (χ1n) is 3.97. The molecule has 0 spiro atoms. The molecule has 4 atom stereocenters. The number of fused-ring (bicyclic) bond motifs is 5. The Bertz CT molecular complexity index is 220. The largest absolute Gasteiger partial charge is 0.373 e. The fourth-order valence-electron chi connectivity index (χ4n) is 2.30. The van der Waals surface area contributed by atoms with E-state index in [4.69, 9.17) is 4.74 Å². The molecule has 1 amide bonds. The van der Waals surface area contributed by atoms with Crippen molar-refractivity contribution in [3.63, 3.8) is 0 Å². The third-order valence-corrected chi connectivity index (χ3v) is 3.99.